The number of carbonyl (C=O) groups is 2. The van der Waals surface area contributed by atoms with E-state index < -0.39 is 0 Å². The van der Waals surface area contributed by atoms with E-state index in [0.717, 1.165) is 60.8 Å². The number of aromatic nitrogens is 2. The highest BCUT2D eigenvalue weighted by Crippen LogP contribution is 2.25. The van der Waals surface area contributed by atoms with E-state index in [-0.39, 0.29) is 0 Å². The predicted molar refractivity (Wildman–Crippen MR) is 107 cm³/mol. The van der Waals surface area contributed by atoms with Gasteiger partial charge >= 0.3 is 0 Å². The zero-order chi connectivity index (χ0) is 18.8. The van der Waals surface area contributed by atoms with Gasteiger partial charge in [0.25, 0.3) is 0 Å². The Morgan fingerprint density at radius 2 is 1.12 bits per heavy atom. The summed E-state index contributed by atoms with van der Waals surface area (Å²) in [6.07, 6.45) is 13.1. The fourth-order valence-corrected chi connectivity index (χ4v) is 3.43. The molecule has 2 aromatic heterocycles. The van der Waals surface area contributed by atoms with Crippen molar-refractivity contribution in [2.75, 3.05) is 0 Å². The monoisotopic (exact) mass is 356 g/mol. The molecule has 0 bridgehead atoms. The number of unbranched alkanes of at least 4 members (excludes halogenated alkanes) is 6. The van der Waals surface area contributed by atoms with Crippen LogP contribution in [0.4, 0.5) is 0 Å². The molecule has 0 unspecified atom stereocenters. The quantitative estimate of drug-likeness (QED) is 0.347. The van der Waals surface area contributed by atoms with Crippen LogP contribution in [-0.4, -0.2) is 22.5 Å². The second kappa shape index (κ2) is 10.8. The average Bonchev–Trinajstić information content (AvgIpc) is 3.26. The van der Waals surface area contributed by atoms with Crippen molar-refractivity contribution in [1.29, 1.82) is 0 Å². The van der Waals surface area contributed by atoms with Gasteiger partial charge in [-0.3, -0.25) is 9.59 Å². The molecular weight excluding hydrogens is 324 g/mol. The fourth-order valence-electron chi connectivity index (χ4n) is 3.43. The molecule has 2 aromatic rings. The summed E-state index contributed by atoms with van der Waals surface area (Å²) >= 11 is 0. The Labute approximate surface area is 156 Å². The summed E-state index contributed by atoms with van der Waals surface area (Å²) in [5.41, 5.74) is 5.23. The summed E-state index contributed by atoms with van der Waals surface area (Å²) < 4.78 is 0. The Morgan fingerprint density at radius 1 is 0.692 bits per heavy atom. The Kier molecular flexibility index (Phi) is 8.39. The van der Waals surface area contributed by atoms with Crippen molar-refractivity contribution in [3.8, 4) is 11.4 Å². The maximum absolute atomic E-state index is 11.4. The largest absolute Gasteiger partial charge is 0.351 e. The number of aldehydes is 2. The van der Waals surface area contributed by atoms with Crippen LogP contribution in [0.5, 0.6) is 0 Å². The first-order valence-electron chi connectivity index (χ1n) is 10.1. The summed E-state index contributed by atoms with van der Waals surface area (Å²) in [5, 5.41) is 0. The van der Waals surface area contributed by atoms with Crippen molar-refractivity contribution in [3.63, 3.8) is 0 Å². The van der Waals surface area contributed by atoms with Crippen molar-refractivity contribution in [3.05, 3.63) is 34.6 Å². The molecule has 0 saturated heterocycles. The highest BCUT2D eigenvalue weighted by atomic mass is 16.1. The summed E-state index contributed by atoms with van der Waals surface area (Å²) in [6, 6.07) is 4.11. The molecule has 0 aromatic carbocycles. The van der Waals surface area contributed by atoms with Gasteiger partial charge in [0, 0.05) is 0 Å². The van der Waals surface area contributed by atoms with Crippen LogP contribution in [0.3, 0.4) is 0 Å². The van der Waals surface area contributed by atoms with E-state index in [0.29, 0.717) is 11.4 Å². The van der Waals surface area contributed by atoms with Gasteiger partial charge in [0.15, 0.2) is 12.6 Å². The number of aromatic amines is 2. The number of hydrogen-bond acceptors (Lipinski definition) is 2. The summed E-state index contributed by atoms with van der Waals surface area (Å²) in [6.45, 7) is 4.39. The van der Waals surface area contributed by atoms with Crippen LogP contribution in [-0.2, 0) is 12.8 Å². The van der Waals surface area contributed by atoms with Crippen LogP contribution in [0.15, 0.2) is 12.1 Å². The van der Waals surface area contributed by atoms with Gasteiger partial charge in [-0.2, -0.15) is 0 Å². The molecule has 4 heteroatoms. The third-order valence-electron chi connectivity index (χ3n) is 4.99. The van der Waals surface area contributed by atoms with Crippen LogP contribution < -0.4 is 0 Å². The number of carbonyl (C=O) groups excluding carboxylic acids is 2. The second-order valence-electron chi connectivity index (χ2n) is 7.10. The van der Waals surface area contributed by atoms with Crippen LogP contribution in [0.1, 0.15) is 97.3 Å². The molecule has 0 saturated carbocycles. The molecule has 0 spiro atoms. The maximum atomic E-state index is 11.4. The first-order valence-corrected chi connectivity index (χ1v) is 10.1. The molecule has 142 valence electrons. The number of aryl methyl sites for hydroxylation is 2. The molecule has 0 amide bonds. The fraction of sp³-hybridized carbons (Fsp3) is 0.545. The zero-order valence-electron chi connectivity index (χ0n) is 16.2. The number of nitrogens with one attached hydrogen (secondary N) is 2. The molecular formula is C22H32N2O2. The van der Waals surface area contributed by atoms with Gasteiger partial charge in [-0.1, -0.05) is 52.4 Å². The highest BCUT2D eigenvalue weighted by molar-refractivity contribution is 5.80. The summed E-state index contributed by atoms with van der Waals surface area (Å²) in [5.74, 6) is 0. The van der Waals surface area contributed by atoms with Crippen LogP contribution in [0, 0.1) is 0 Å². The molecule has 0 aliphatic heterocycles. The lowest BCUT2D eigenvalue weighted by molar-refractivity contribution is 0.111. The van der Waals surface area contributed by atoms with E-state index in [2.05, 4.69) is 35.9 Å². The van der Waals surface area contributed by atoms with Gasteiger partial charge in [-0.05, 0) is 48.9 Å². The smallest absolute Gasteiger partial charge is 0.166 e. The predicted octanol–water partition coefficient (Wildman–Crippen LogP) is 5.88. The molecule has 0 aliphatic carbocycles. The molecule has 4 nitrogen and oxygen atoms in total. The second-order valence-corrected chi connectivity index (χ2v) is 7.10. The van der Waals surface area contributed by atoms with Crippen molar-refractivity contribution < 1.29 is 9.59 Å². The first-order chi connectivity index (χ1) is 12.7. The van der Waals surface area contributed by atoms with Gasteiger partial charge in [-0.25, -0.2) is 0 Å². The Morgan fingerprint density at radius 3 is 1.46 bits per heavy atom. The van der Waals surface area contributed by atoms with Crippen LogP contribution in [0.25, 0.3) is 11.4 Å². The van der Waals surface area contributed by atoms with E-state index in [4.69, 9.17) is 0 Å². The van der Waals surface area contributed by atoms with E-state index in [1.54, 1.807) is 0 Å². The number of hydrogen-bond donors (Lipinski definition) is 2. The van der Waals surface area contributed by atoms with Crippen molar-refractivity contribution in [2.24, 2.45) is 0 Å². The van der Waals surface area contributed by atoms with E-state index >= 15 is 0 Å². The third-order valence-corrected chi connectivity index (χ3v) is 4.99. The van der Waals surface area contributed by atoms with Gasteiger partial charge < -0.3 is 9.97 Å². The van der Waals surface area contributed by atoms with Gasteiger partial charge in [0.1, 0.15) is 0 Å². The minimum Gasteiger partial charge on any atom is -0.351 e. The van der Waals surface area contributed by atoms with Crippen molar-refractivity contribution >= 4 is 12.6 Å². The Hall–Kier alpha value is -2.10. The van der Waals surface area contributed by atoms with E-state index in [9.17, 15) is 9.59 Å². The highest BCUT2D eigenvalue weighted by Gasteiger charge is 2.13. The van der Waals surface area contributed by atoms with Gasteiger partial charge in [0.2, 0.25) is 0 Å². The molecule has 0 radical (unpaired) electrons. The lowest BCUT2D eigenvalue weighted by Gasteiger charge is -1.98. The minimum atomic E-state index is 0.656. The SMILES string of the molecule is CCCCCCc1cc(-c2cc(CCCCCC)c(C=O)[nH]2)[nH]c1C=O. The standard InChI is InChI=1S/C22H32N2O2/c1-3-5-7-9-11-17-13-19(23-21(17)15-25)20-14-18(22(16-26)24-20)12-10-8-6-4-2/h13-16,23-24H,3-12H2,1-2H3. The summed E-state index contributed by atoms with van der Waals surface area (Å²) in [4.78, 5) is 29.2. The molecule has 0 fully saturated rings. The normalized spacial score (nSPS) is 11.0. The van der Waals surface area contributed by atoms with Gasteiger partial charge in [-0.15, -0.1) is 0 Å². The van der Waals surface area contributed by atoms with E-state index in [1.807, 2.05) is 0 Å². The van der Waals surface area contributed by atoms with E-state index in [1.165, 1.54) is 38.5 Å². The molecule has 0 atom stereocenters. The van der Waals surface area contributed by atoms with Gasteiger partial charge in [0.05, 0.1) is 22.8 Å². The Balaban J connectivity index is 2.11. The molecule has 0 aliphatic rings. The lowest BCUT2D eigenvalue weighted by atomic mass is 10.1. The summed E-state index contributed by atoms with van der Waals surface area (Å²) in [7, 11) is 0. The van der Waals surface area contributed by atoms with Crippen molar-refractivity contribution in [2.45, 2.75) is 78.1 Å². The molecule has 2 rings (SSSR count). The zero-order valence-corrected chi connectivity index (χ0v) is 16.2. The van der Waals surface area contributed by atoms with Crippen LogP contribution in [0.2, 0.25) is 0 Å². The average molecular weight is 357 g/mol. The Bertz CT molecular complexity index is 637. The molecule has 2 N–H and O–H groups in total. The topological polar surface area (TPSA) is 65.7 Å². The number of H-pyrrole nitrogens is 2. The number of rotatable bonds is 13. The van der Waals surface area contributed by atoms with Crippen LogP contribution >= 0.6 is 0 Å². The maximum Gasteiger partial charge on any atom is 0.166 e. The molecule has 2 heterocycles. The van der Waals surface area contributed by atoms with Crippen molar-refractivity contribution in [1.82, 2.24) is 9.97 Å². The lowest BCUT2D eigenvalue weighted by Crippen LogP contribution is -1.90. The minimum absolute atomic E-state index is 0.656. The third kappa shape index (κ3) is 5.45. The first kappa shape index (κ1) is 20.2. The molecule has 26 heavy (non-hydrogen) atoms.